The van der Waals surface area contributed by atoms with E-state index in [4.69, 9.17) is 26.8 Å². The Morgan fingerprint density at radius 3 is 2.55 bits per heavy atom. The van der Waals surface area contributed by atoms with Gasteiger partial charge in [0.1, 0.15) is 17.2 Å². The largest absolute Gasteiger partial charge is 0.497 e. The number of ether oxygens (including phenoxy) is 2. The summed E-state index contributed by atoms with van der Waals surface area (Å²) in [6.07, 6.45) is 0.666. The summed E-state index contributed by atoms with van der Waals surface area (Å²) in [6, 6.07) is 13.1. The molecule has 1 atom stereocenters. The molecule has 0 saturated carbocycles. The monoisotopic (exact) mass is 291 g/mol. The molecule has 0 heterocycles. The van der Waals surface area contributed by atoms with Gasteiger partial charge < -0.3 is 15.2 Å². The summed E-state index contributed by atoms with van der Waals surface area (Å²) in [5.74, 6) is 2.18. The Balaban J connectivity index is 2.30. The van der Waals surface area contributed by atoms with Crippen molar-refractivity contribution >= 4 is 11.6 Å². The van der Waals surface area contributed by atoms with Crippen LogP contribution in [0.15, 0.2) is 42.5 Å². The summed E-state index contributed by atoms with van der Waals surface area (Å²) < 4.78 is 11.1. The first-order valence-electron chi connectivity index (χ1n) is 6.45. The maximum Gasteiger partial charge on any atom is 0.132 e. The zero-order valence-electron chi connectivity index (χ0n) is 11.6. The average Bonchev–Trinajstić information content (AvgIpc) is 2.42. The van der Waals surface area contributed by atoms with Gasteiger partial charge in [-0.2, -0.15) is 0 Å². The quantitative estimate of drug-likeness (QED) is 0.904. The minimum Gasteiger partial charge on any atom is -0.497 e. The van der Waals surface area contributed by atoms with Crippen molar-refractivity contribution in [2.24, 2.45) is 5.73 Å². The molecule has 0 spiro atoms. The van der Waals surface area contributed by atoms with Crippen LogP contribution in [0.2, 0.25) is 5.02 Å². The summed E-state index contributed by atoms with van der Waals surface area (Å²) in [6.45, 7) is 1.94. The highest BCUT2D eigenvalue weighted by Crippen LogP contribution is 2.32. The van der Waals surface area contributed by atoms with Crippen molar-refractivity contribution in [1.82, 2.24) is 0 Å². The van der Waals surface area contributed by atoms with Crippen LogP contribution in [0.3, 0.4) is 0 Å². The van der Waals surface area contributed by atoms with Crippen LogP contribution in [0, 0.1) is 0 Å². The van der Waals surface area contributed by atoms with E-state index in [1.54, 1.807) is 7.11 Å². The van der Waals surface area contributed by atoms with E-state index in [0.717, 1.165) is 17.1 Å². The molecule has 2 N–H and O–H groups in total. The normalized spacial score (nSPS) is 12.0. The van der Waals surface area contributed by atoms with Gasteiger partial charge in [-0.25, -0.2) is 0 Å². The van der Waals surface area contributed by atoms with Crippen LogP contribution in [0.25, 0.3) is 0 Å². The minimum absolute atomic E-state index is 0.0163. The van der Waals surface area contributed by atoms with Crippen LogP contribution in [0.5, 0.6) is 17.2 Å². The fourth-order valence-electron chi connectivity index (χ4n) is 1.95. The van der Waals surface area contributed by atoms with Crippen molar-refractivity contribution in [3.63, 3.8) is 0 Å². The molecule has 2 aromatic rings. The van der Waals surface area contributed by atoms with E-state index in [2.05, 4.69) is 0 Å². The fourth-order valence-corrected chi connectivity index (χ4v) is 2.19. The van der Waals surface area contributed by atoms with Gasteiger partial charge in [0.2, 0.25) is 0 Å². The van der Waals surface area contributed by atoms with Crippen LogP contribution in [-0.2, 0) is 6.42 Å². The summed E-state index contributed by atoms with van der Waals surface area (Å²) in [7, 11) is 1.63. The molecule has 20 heavy (non-hydrogen) atoms. The Morgan fingerprint density at radius 1 is 1.15 bits per heavy atom. The van der Waals surface area contributed by atoms with Gasteiger partial charge in [0.25, 0.3) is 0 Å². The lowest BCUT2D eigenvalue weighted by Gasteiger charge is -2.14. The molecule has 0 aliphatic rings. The van der Waals surface area contributed by atoms with Crippen molar-refractivity contribution in [3.8, 4) is 17.2 Å². The van der Waals surface area contributed by atoms with Gasteiger partial charge in [-0.3, -0.25) is 0 Å². The second-order valence-electron chi connectivity index (χ2n) is 4.68. The fraction of sp³-hybridized carbons (Fsp3) is 0.250. The summed E-state index contributed by atoms with van der Waals surface area (Å²) >= 11 is 6.24. The predicted octanol–water partition coefficient (Wildman–Crippen LogP) is 4.03. The van der Waals surface area contributed by atoms with Crippen LogP contribution in [-0.4, -0.2) is 13.2 Å². The number of benzene rings is 2. The van der Waals surface area contributed by atoms with E-state index in [0.29, 0.717) is 17.2 Å². The third-order valence-corrected chi connectivity index (χ3v) is 3.23. The maximum absolute atomic E-state index is 6.24. The molecule has 0 amide bonds. The maximum atomic E-state index is 6.24. The average molecular weight is 292 g/mol. The van der Waals surface area contributed by atoms with Crippen molar-refractivity contribution in [3.05, 3.63) is 53.1 Å². The highest BCUT2D eigenvalue weighted by molar-refractivity contribution is 6.31. The Bertz CT molecular complexity index is 584. The van der Waals surface area contributed by atoms with Gasteiger partial charge >= 0.3 is 0 Å². The lowest BCUT2D eigenvalue weighted by atomic mass is 10.1. The van der Waals surface area contributed by atoms with Crippen LogP contribution in [0.4, 0.5) is 0 Å². The Kier molecular flexibility index (Phi) is 4.88. The van der Waals surface area contributed by atoms with Crippen LogP contribution < -0.4 is 15.2 Å². The first-order valence-corrected chi connectivity index (χ1v) is 6.83. The SMILES string of the molecule is COc1cccc(Oc2cccc(Cl)c2CC(C)N)c1. The second kappa shape index (κ2) is 6.64. The minimum atomic E-state index is 0.0163. The third-order valence-electron chi connectivity index (χ3n) is 2.87. The summed E-state index contributed by atoms with van der Waals surface area (Å²) in [4.78, 5) is 0. The van der Waals surface area contributed by atoms with Gasteiger partial charge in [-0.05, 0) is 37.6 Å². The third kappa shape index (κ3) is 3.65. The van der Waals surface area contributed by atoms with Crippen molar-refractivity contribution < 1.29 is 9.47 Å². The summed E-state index contributed by atoms with van der Waals surface area (Å²) in [5, 5.41) is 0.669. The molecule has 0 bridgehead atoms. The highest BCUT2D eigenvalue weighted by atomic mass is 35.5. The van der Waals surface area contributed by atoms with Gasteiger partial charge in [-0.1, -0.05) is 23.7 Å². The molecule has 4 heteroatoms. The molecule has 0 aliphatic carbocycles. The number of hydrogen-bond donors (Lipinski definition) is 1. The molecule has 0 aromatic heterocycles. The van der Waals surface area contributed by atoms with Gasteiger partial charge in [0.05, 0.1) is 7.11 Å². The number of hydrogen-bond acceptors (Lipinski definition) is 3. The van der Waals surface area contributed by atoms with Crippen molar-refractivity contribution in [2.75, 3.05) is 7.11 Å². The van der Waals surface area contributed by atoms with Crippen LogP contribution >= 0.6 is 11.6 Å². The van der Waals surface area contributed by atoms with E-state index in [-0.39, 0.29) is 6.04 Å². The lowest BCUT2D eigenvalue weighted by Crippen LogP contribution is -2.18. The number of nitrogens with two attached hydrogens (primary N) is 1. The molecule has 2 rings (SSSR count). The van der Waals surface area contributed by atoms with E-state index in [1.165, 1.54) is 0 Å². The van der Waals surface area contributed by atoms with E-state index in [1.807, 2.05) is 49.4 Å². The van der Waals surface area contributed by atoms with E-state index in [9.17, 15) is 0 Å². The van der Waals surface area contributed by atoms with E-state index >= 15 is 0 Å². The Hall–Kier alpha value is -1.71. The number of halogens is 1. The topological polar surface area (TPSA) is 44.5 Å². The van der Waals surface area contributed by atoms with Gasteiger partial charge in [0.15, 0.2) is 0 Å². The van der Waals surface area contributed by atoms with Crippen LogP contribution in [0.1, 0.15) is 12.5 Å². The molecule has 0 aliphatic heterocycles. The second-order valence-corrected chi connectivity index (χ2v) is 5.09. The molecule has 3 nitrogen and oxygen atoms in total. The first kappa shape index (κ1) is 14.7. The molecule has 2 aromatic carbocycles. The Morgan fingerprint density at radius 2 is 1.85 bits per heavy atom. The van der Waals surface area contributed by atoms with Gasteiger partial charge in [-0.15, -0.1) is 0 Å². The van der Waals surface area contributed by atoms with Gasteiger partial charge in [0, 0.05) is 22.7 Å². The summed E-state index contributed by atoms with van der Waals surface area (Å²) in [5.41, 5.74) is 6.79. The standard InChI is InChI=1S/C16H18ClNO2/c1-11(18)9-14-15(17)7-4-8-16(14)20-13-6-3-5-12(10-13)19-2/h3-8,10-11H,9,18H2,1-2H3. The zero-order valence-corrected chi connectivity index (χ0v) is 12.4. The highest BCUT2D eigenvalue weighted by Gasteiger charge is 2.11. The van der Waals surface area contributed by atoms with Crippen molar-refractivity contribution in [1.29, 1.82) is 0 Å². The van der Waals surface area contributed by atoms with Crippen molar-refractivity contribution in [2.45, 2.75) is 19.4 Å². The molecule has 0 saturated heterocycles. The molecule has 0 radical (unpaired) electrons. The lowest BCUT2D eigenvalue weighted by molar-refractivity contribution is 0.408. The zero-order chi connectivity index (χ0) is 14.5. The molecule has 106 valence electrons. The van der Waals surface area contributed by atoms with E-state index < -0.39 is 0 Å². The molecular formula is C16H18ClNO2. The predicted molar refractivity (Wildman–Crippen MR) is 81.9 cm³/mol. The Labute approximate surface area is 124 Å². The molecule has 0 fully saturated rings. The molecule has 1 unspecified atom stereocenters. The molecular weight excluding hydrogens is 274 g/mol. The first-order chi connectivity index (χ1) is 9.60. The smallest absolute Gasteiger partial charge is 0.132 e. The number of methoxy groups -OCH3 is 1. The number of rotatable bonds is 5.